The first kappa shape index (κ1) is 35.0. The van der Waals surface area contributed by atoms with E-state index >= 15 is 0 Å². The average molecular weight is 813 g/mol. The molecular formula is C60H36N4. The van der Waals surface area contributed by atoms with Gasteiger partial charge in [0, 0.05) is 43.4 Å². The number of fused-ring (bicyclic) bond motifs is 12. The summed E-state index contributed by atoms with van der Waals surface area (Å²) in [5.41, 5.74) is 10.9. The number of aromatic nitrogens is 4. The first-order valence-electron chi connectivity index (χ1n) is 21.9. The van der Waals surface area contributed by atoms with Gasteiger partial charge in [0.15, 0.2) is 5.82 Å². The van der Waals surface area contributed by atoms with Gasteiger partial charge in [0.25, 0.3) is 0 Å². The highest BCUT2D eigenvalue weighted by atomic mass is 15.0. The minimum atomic E-state index is 0.715. The van der Waals surface area contributed by atoms with Crippen LogP contribution in [0.15, 0.2) is 218 Å². The zero-order chi connectivity index (χ0) is 41.9. The quantitative estimate of drug-likeness (QED) is 0.177. The summed E-state index contributed by atoms with van der Waals surface area (Å²) >= 11 is 0. The van der Waals surface area contributed by atoms with Gasteiger partial charge in [-0.3, -0.25) is 0 Å². The maximum Gasteiger partial charge on any atom is 0.160 e. The molecule has 64 heavy (non-hydrogen) atoms. The smallest absolute Gasteiger partial charge is 0.160 e. The number of hydrogen-bond donors (Lipinski definition) is 0. The molecule has 14 aromatic rings. The maximum atomic E-state index is 5.41. The van der Waals surface area contributed by atoms with Crippen molar-refractivity contribution in [2.24, 2.45) is 0 Å². The standard InChI is InChI=1S/C60H36N4/c1-2-16-39-34-42(29-28-37(39)14-1)60-61-50-24-11-9-22-47(50)59(62-60)46-31-33-52(45-21-8-7-20-44(45)46)64-54-27-13-26-53(58(54)49-35-40-17-3-4-18-41(40)36-56(49)64)63-51-25-12-10-23-48(51)57-43-19-6-5-15-38(43)30-32-55(57)63/h1-36H. The number of nitrogens with zero attached hydrogens (tertiary/aromatic N) is 4. The minimum Gasteiger partial charge on any atom is -0.309 e. The van der Waals surface area contributed by atoms with Crippen molar-refractivity contribution in [2.75, 3.05) is 0 Å². The Hall–Kier alpha value is -8.60. The summed E-state index contributed by atoms with van der Waals surface area (Å²) in [6.45, 7) is 0. The monoisotopic (exact) mass is 812 g/mol. The van der Waals surface area contributed by atoms with E-state index in [4.69, 9.17) is 9.97 Å². The zero-order valence-electron chi connectivity index (χ0n) is 34.6. The fourth-order valence-corrected chi connectivity index (χ4v) is 10.6. The second-order valence-electron chi connectivity index (χ2n) is 16.9. The predicted molar refractivity (Wildman–Crippen MR) is 269 cm³/mol. The average Bonchev–Trinajstić information content (AvgIpc) is 3.87. The van der Waals surface area contributed by atoms with Crippen LogP contribution in [-0.2, 0) is 0 Å². The van der Waals surface area contributed by atoms with Crippen LogP contribution in [0.25, 0.3) is 132 Å². The molecule has 0 saturated heterocycles. The Kier molecular flexibility index (Phi) is 7.36. The van der Waals surface area contributed by atoms with Gasteiger partial charge in [-0.1, -0.05) is 164 Å². The predicted octanol–water partition coefficient (Wildman–Crippen LogP) is 15.8. The Balaban J connectivity index is 1.05. The molecule has 0 fully saturated rings. The molecule has 0 amide bonds. The van der Waals surface area contributed by atoms with E-state index in [0.29, 0.717) is 5.82 Å². The molecule has 0 bridgehead atoms. The van der Waals surface area contributed by atoms with E-state index in [0.717, 1.165) is 60.9 Å². The molecule has 0 aliphatic heterocycles. The van der Waals surface area contributed by atoms with Gasteiger partial charge >= 0.3 is 0 Å². The molecule has 4 heteroatoms. The zero-order valence-corrected chi connectivity index (χ0v) is 34.6. The highest BCUT2D eigenvalue weighted by Crippen LogP contribution is 2.44. The van der Waals surface area contributed by atoms with Crippen LogP contribution in [-0.4, -0.2) is 19.1 Å². The maximum absolute atomic E-state index is 5.41. The normalized spacial score (nSPS) is 12.1. The lowest BCUT2D eigenvalue weighted by molar-refractivity contribution is 1.18. The van der Waals surface area contributed by atoms with E-state index in [-0.39, 0.29) is 0 Å². The van der Waals surface area contributed by atoms with Crippen LogP contribution in [0.4, 0.5) is 0 Å². The molecule has 3 heterocycles. The van der Waals surface area contributed by atoms with Crippen LogP contribution in [0.5, 0.6) is 0 Å². The highest BCUT2D eigenvalue weighted by molar-refractivity contribution is 6.24. The molecule has 0 radical (unpaired) electrons. The summed E-state index contributed by atoms with van der Waals surface area (Å²) in [6.07, 6.45) is 0. The molecule has 0 spiro atoms. The van der Waals surface area contributed by atoms with Crippen LogP contribution in [0.3, 0.4) is 0 Å². The first-order chi connectivity index (χ1) is 31.7. The summed E-state index contributed by atoms with van der Waals surface area (Å²) in [5, 5.41) is 15.6. The van der Waals surface area contributed by atoms with Gasteiger partial charge < -0.3 is 9.13 Å². The van der Waals surface area contributed by atoms with Crippen molar-refractivity contribution in [2.45, 2.75) is 0 Å². The summed E-state index contributed by atoms with van der Waals surface area (Å²) in [6, 6.07) is 79.3. The van der Waals surface area contributed by atoms with E-state index < -0.39 is 0 Å². The molecule has 0 atom stereocenters. The second-order valence-corrected chi connectivity index (χ2v) is 16.9. The molecule has 11 aromatic carbocycles. The number of rotatable bonds is 4. The lowest BCUT2D eigenvalue weighted by atomic mass is 9.97. The summed E-state index contributed by atoms with van der Waals surface area (Å²) in [7, 11) is 0. The topological polar surface area (TPSA) is 35.6 Å². The minimum absolute atomic E-state index is 0.715. The Morgan fingerprint density at radius 1 is 0.297 bits per heavy atom. The Morgan fingerprint density at radius 3 is 1.75 bits per heavy atom. The molecular weight excluding hydrogens is 777 g/mol. The third kappa shape index (κ3) is 5.05. The summed E-state index contributed by atoms with van der Waals surface area (Å²) < 4.78 is 4.99. The lowest BCUT2D eigenvalue weighted by Crippen LogP contribution is -1.99. The van der Waals surface area contributed by atoms with Gasteiger partial charge in [0.2, 0.25) is 0 Å². The van der Waals surface area contributed by atoms with Gasteiger partial charge in [-0.25, -0.2) is 9.97 Å². The summed E-state index contributed by atoms with van der Waals surface area (Å²) in [5.74, 6) is 0.715. The Labute approximate surface area is 367 Å². The fraction of sp³-hybridized carbons (Fsp3) is 0. The third-order valence-electron chi connectivity index (χ3n) is 13.4. The van der Waals surface area contributed by atoms with Crippen LogP contribution in [0.2, 0.25) is 0 Å². The number of benzene rings is 11. The number of para-hydroxylation sites is 2. The van der Waals surface area contributed by atoms with Gasteiger partial charge in [0.1, 0.15) is 0 Å². The molecule has 14 rings (SSSR count). The van der Waals surface area contributed by atoms with Crippen LogP contribution >= 0.6 is 0 Å². The van der Waals surface area contributed by atoms with Gasteiger partial charge in [-0.15, -0.1) is 0 Å². The molecule has 0 aliphatic carbocycles. The molecule has 0 unspecified atom stereocenters. The van der Waals surface area contributed by atoms with Crippen LogP contribution in [0.1, 0.15) is 0 Å². The van der Waals surface area contributed by atoms with E-state index in [1.54, 1.807) is 0 Å². The van der Waals surface area contributed by atoms with Crippen LogP contribution < -0.4 is 0 Å². The molecule has 4 nitrogen and oxygen atoms in total. The SMILES string of the molecule is c1ccc2cc(-c3nc(-c4ccc(-n5c6cc7ccccc7cc6c6c(-n7c8ccccc8c8c9ccccc9ccc87)cccc65)c5ccccc45)c4ccccc4n3)ccc2c1. The van der Waals surface area contributed by atoms with Crippen molar-refractivity contribution in [3.8, 4) is 34.0 Å². The van der Waals surface area contributed by atoms with Crippen LogP contribution in [0, 0.1) is 0 Å². The van der Waals surface area contributed by atoms with Gasteiger partial charge in [0.05, 0.1) is 44.7 Å². The fourth-order valence-electron chi connectivity index (χ4n) is 10.6. The molecule has 0 aliphatic rings. The van der Waals surface area contributed by atoms with Crippen molar-refractivity contribution in [3.05, 3.63) is 218 Å². The molecule has 3 aromatic heterocycles. The molecule has 0 N–H and O–H groups in total. The van der Waals surface area contributed by atoms with Crippen molar-refractivity contribution in [3.63, 3.8) is 0 Å². The molecule has 296 valence electrons. The van der Waals surface area contributed by atoms with Gasteiger partial charge in [-0.05, 0) is 92.3 Å². The largest absolute Gasteiger partial charge is 0.309 e. The van der Waals surface area contributed by atoms with E-state index in [9.17, 15) is 0 Å². The van der Waals surface area contributed by atoms with Crippen molar-refractivity contribution in [1.82, 2.24) is 19.1 Å². The van der Waals surface area contributed by atoms with Crippen molar-refractivity contribution in [1.29, 1.82) is 0 Å². The van der Waals surface area contributed by atoms with E-state index in [1.165, 1.54) is 64.9 Å². The Morgan fingerprint density at radius 2 is 0.906 bits per heavy atom. The Bertz CT molecular complexity index is 4270. The summed E-state index contributed by atoms with van der Waals surface area (Å²) in [4.78, 5) is 10.5. The lowest BCUT2D eigenvalue weighted by Gasteiger charge is -2.16. The van der Waals surface area contributed by atoms with E-state index in [1.807, 2.05) is 0 Å². The first-order valence-corrected chi connectivity index (χ1v) is 21.9. The highest BCUT2D eigenvalue weighted by Gasteiger charge is 2.23. The van der Waals surface area contributed by atoms with Gasteiger partial charge in [-0.2, -0.15) is 0 Å². The molecule has 0 saturated carbocycles. The second kappa shape index (κ2) is 13.4. The van der Waals surface area contributed by atoms with Crippen molar-refractivity contribution < 1.29 is 0 Å². The van der Waals surface area contributed by atoms with E-state index in [2.05, 4.69) is 228 Å². The number of hydrogen-bond acceptors (Lipinski definition) is 2. The third-order valence-corrected chi connectivity index (χ3v) is 13.4. The van der Waals surface area contributed by atoms with Crippen molar-refractivity contribution >= 4 is 97.6 Å².